The topological polar surface area (TPSA) is 32.3 Å². The van der Waals surface area contributed by atoms with Crippen LogP contribution in [0.25, 0.3) is 0 Å². The number of nitrogens with one attached hydrogen (secondary N) is 1. The fourth-order valence-corrected chi connectivity index (χ4v) is 1.24. The van der Waals surface area contributed by atoms with Gasteiger partial charge in [-0.15, -0.1) is 0 Å². The van der Waals surface area contributed by atoms with Crippen LogP contribution in [0.4, 0.5) is 13.2 Å². The van der Waals surface area contributed by atoms with Crippen LogP contribution in [0.2, 0.25) is 0 Å². The summed E-state index contributed by atoms with van der Waals surface area (Å²) in [5, 5.41) is 12.3. The van der Waals surface area contributed by atoms with Crippen LogP contribution in [0.3, 0.4) is 0 Å². The number of hydrogen-bond acceptors (Lipinski definition) is 2. The molecule has 1 atom stereocenters. The summed E-state index contributed by atoms with van der Waals surface area (Å²) in [4.78, 5) is 0. The van der Waals surface area contributed by atoms with Crippen molar-refractivity contribution < 1.29 is 18.3 Å². The third-order valence-electron chi connectivity index (χ3n) is 3.32. The average Bonchev–Trinajstić information content (AvgIpc) is 2.79. The van der Waals surface area contributed by atoms with Crippen molar-refractivity contribution in [2.24, 2.45) is 5.92 Å². The van der Waals surface area contributed by atoms with E-state index in [1.807, 2.05) is 0 Å². The van der Waals surface area contributed by atoms with E-state index in [0.29, 0.717) is 0 Å². The van der Waals surface area contributed by atoms with Crippen LogP contribution in [0.15, 0.2) is 0 Å². The lowest BCUT2D eigenvalue weighted by Gasteiger charge is -2.31. The number of aliphatic hydroxyl groups is 1. The highest BCUT2D eigenvalue weighted by atomic mass is 19.4. The van der Waals surface area contributed by atoms with Crippen molar-refractivity contribution in [1.82, 2.24) is 5.32 Å². The zero-order chi connectivity index (χ0) is 11.9. The lowest BCUT2D eigenvalue weighted by atomic mass is 9.92. The molecular formula is C10H18F3NO. The van der Waals surface area contributed by atoms with Gasteiger partial charge in [-0.3, -0.25) is 0 Å². The Kier molecular flexibility index (Phi) is 3.09. The van der Waals surface area contributed by atoms with E-state index in [1.165, 1.54) is 0 Å². The van der Waals surface area contributed by atoms with Crippen molar-refractivity contribution >= 4 is 0 Å². The van der Waals surface area contributed by atoms with Crippen molar-refractivity contribution in [2.75, 3.05) is 6.54 Å². The highest BCUT2D eigenvalue weighted by Gasteiger charge is 2.63. The monoisotopic (exact) mass is 225 g/mol. The summed E-state index contributed by atoms with van der Waals surface area (Å²) >= 11 is 0. The summed E-state index contributed by atoms with van der Waals surface area (Å²) in [7, 11) is 0. The molecule has 1 aliphatic carbocycles. The second-order valence-electron chi connectivity index (χ2n) is 4.95. The zero-order valence-corrected chi connectivity index (χ0v) is 9.28. The molecule has 5 heteroatoms. The third-order valence-corrected chi connectivity index (χ3v) is 3.32. The van der Waals surface area contributed by atoms with E-state index in [0.717, 1.165) is 0 Å². The Balaban J connectivity index is 2.51. The Labute approximate surface area is 87.9 Å². The fraction of sp³-hybridized carbons (Fsp3) is 1.00. The van der Waals surface area contributed by atoms with Gasteiger partial charge in [0.15, 0.2) is 0 Å². The van der Waals surface area contributed by atoms with E-state index in [4.69, 9.17) is 0 Å². The largest absolute Gasteiger partial charge is 0.406 e. The average molecular weight is 225 g/mol. The normalized spacial score (nSPS) is 24.0. The summed E-state index contributed by atoms with van der Waals surface area (Å²) in [6, 6.07) is 0. The first kappa shape index (κ1) is 12.8. The molecule has 0 aromatic rings. The number of β-amino-alcohol motifs (C(OH)–C–C–N with tert-alkyl or cyclic N) is 1. The Morgan fingerprint density at radius 2 is 1.80 bits per heavy atom. The smallest absolute Gasteiger partial charge is 0.389 e. The molecule has 1 unspecified atom stereocenters. The summed E-state index contributed by atoms with van der Waals surface area (Å²) in [6.07, 6.45) is -3.98. The van der Waals surface area contributed by atoms with E-state index in [2.05, 4.69) is 5.32 Å². The molecule has 0 spiro atoms. The van der Waals surface area contributed by atoms with E-state index < -0.39 is 17.3 Å². The second-order valence-corrected chi connectivity index (χ2v) is 4.95. The Bertz CT molecular complexity index is 231. The summed E-state index contributed by atoms with van der Waals surface area (Å²) in [5.74, 6) is -0.0750. The molecule has 1 fully saturated rings. The van der Waals surface area contributed by atoms with Gasteiger partial charge in [0, 0.05) is 6.54 Å². The molecule has 0 amide bonds. The first-order valence-electron chi connectivity index (χ1n) is 5.15. The highest BCUT2D eigenvalue weighted by molar-refractivity contribution is 5.08. The molecule has 2 N–H and O–H groups in total. The second kappa shape index (κ2) is 3.63. The minimum absolute atomic E-state index is 0.0236. The molecule has 0 radical (unpaired) electrons. The Hall–Kier alpha value is -0.290. The summed E-state index contributed by atoms with van der Waals surface area (Å²) in [6.45, 7) is 5.10. The molecule has 15 heavy (non-hydrogen) atoms. The van der Waals surface area contributed by atoms with Crippen molar-refractivity contribution in [1.29, 1.82) is 0 Å². The Morgan fingerprint density at radius 3 is 2.07 bits per heavy atom. The molecule has 0 heterocycles. The van der Waals surface area contributed by atoms with Crippen LogP contribution in [-0.4, -0.2) is 29.0 Å². The number of alkyl halides is 3. The molecule has 1 rings (SSSR count). The van der Waals surface area contributed by atoms with Gasteiger partial charge in [0.1, 0.15) is 5.54 Å². The summed E-state index contributed by atoms with van der Waals surface area (Å²) in [5.41, 5.74) is -2.83. The van der Waals surface area contributed by atoms with E-state index in [9.17, 15) is 18.3 Å². The van der Waals surface area contributed by atoms with E-state index in [1.54, 1.807) is 20.8 Å². The first-order chi connectivity index (χ1) is 6.61. The van der Waals surface area contributed by atoms with Gasteiger partial charge in [-0.1, -0.05) is 13.8 Å². The molecule has 0 bridgehead atoms. The molecule has 0 saturated heterocycles. The summed E-state index contributed by atoms with van der Waals surface area (Å²) < 4.78 is 37.6. The van der Waals surface area contributed by atoms with Crippen LogP contribution in [0, 0.1) is 5.92 Å². The maximum atomic E-state index is 12.5. The molecule has 0 aliphatic heterocycles. The van der Waals surface area contributed by atoms with Crippen molar-refractivity contribution in [3.05, 3.63) is 0 Å². The number of rotatable bonds is 4. The lowest BCUT2D eigenvalue weighted by Crippen LogP contribution is -2.52. The van der Waals surface area contributed by atoms with Gasteiger partial charge in [0.2, 0.25) is 0 Å². The zero-order valence-electron chi connectivity index (χ0n) is 9.28. The third kappa shape index (κ3) is 2.64. The van der Waals surface area contributed by atoms with Gasteiger partial charge >= 0.3 is 6.18 Å². The molecule has 1 saturated carbocycles. The lowest BCUT2D eigenvalue weighted by molar-refractivity contribution is -0.168. The van der Waals surface area contributed by atoms with Crippen LogP contribution in [-0.2, 0) is 0 Å². The van der Waals surface area contributed by atoms with Crippen molar-refractivity contribution in [2.45, 2.75) is 50.9 Å². The Morgan fingerprint density at radius 1 is 1.33 bits per heavy atom. The fourth-order valence-electron chi connectivity index (χ4n) is 1.24. The van der Waals surface area contributed by atoms with Gasteiger partial charge in [0.25, 0.3) is 0 Å². The number of halogens is 3. The predicted octanol–water partition coefficient (Wildman–Crippen LogP) is 2.08. The molecule has 90 valence electrons. The highest BCUT2D eigenvalue weighted by Crippen LogP contribution is 2.49. The van der Waals surface area contributed by atoms with Gasteiger partial charge in [-0.2, -0.15) is 13.2 Å². The van der Waals surface area contributed by atoms with Crippen molar-refractivity contribution in [3.63, 3.8) is 0 Å². The predicted molar refractivity (Wildman–Crippen MR) is 51.5 cm³/mol. The van der Waals surface area contributed by atoms with Crippen molar-refractivity contribution in [3.8, 4) is 0 Å². The standard InChI is InChI=1S/C10H18F3NO/c1-7(2)8(3,15)6-14-9(4-5-9)10(11,12)13/h7,14-15H,4-6H2,1-3H3. The van der Waals surface area contributed by atoms with Gasteiger partial charge in [0.05, 0.1) is 5.60 Å². The quantitative estimate of drug-likeness (QED) is 0.767. The molecular weight excluding hydrogens is 207 g/mol. The minimum atomic E-state index is -4.21. The number of hydrogen-bond donors (Lipinski definition) is 2. The first-order valence-corrected chi connectivity index (χ1v) is 5.15. The molecule has 0 aromatic heterocycles. The van der Waals surface area contributed by atoms with Gasteiger partial charge < -0.3 is 10.4 Å². The maximum Gasteiger partial charge on any atom is 0.406 e. The van der Waals surface area contributed by atoms with Crippen LogP contribution in [0.1, 0.15) is 33.6 Å². The van der Waals surface area contributed by atoms with Crippen LogP contribution >= 0.6 is 0 Å². The van der Waals surface area contributed by atoms with E-state index in [-0.39, 0.29) is 25.3 Å². The van der Waals surface area contributed by atoms with Crippen LogP contribution in [0.5, 0.6) is 0 Å². The van der Waals surface area contributed by atoms with Crippen LogP contribution < -0.4 is 5.32 Å². The SMILES string of the molecule is CC(C)C(C)(O)CNC1(C(F)(F)F)CC1. The minimum Gasteiger partial charge on any atom is -0.389 e. The maximum absolute atomic E-state index is 12.5. The van der Waals surface area contributed by atoms with E-state index >= 15 is 0 Å². The molecule has 1 aliphatic rings. The van der Waals surface area contributed by atoms with Gasteiger partial charge in [-0.25, -0.2) is 0 Å². The molecule has 2 nitrogen and oxygen atoms in total. The van der Waals surface area contributed by atoms with Gasteiger partial charge in [-0.05, 0) is 25.7 Å². The molecule has 0 aromatic carbocycles.